The molecule has 6 nitrogen and oxygen atoms in total. The zero-order valence-corrected chi connectivity index (χ0v) is 17.6. The molecule has 1 N–H and O–H groups in total. The first kappa shape index (κ1) is 21.9. The van der Waals surface area contributed by atoms with E-state index in [1.54, 1.807) is 0 Å². The molecular formula is C24H25F2N3O3. The number of likely N-dealkylation sites (tertiary alicyclic amines) is 2. The van der Waals surface area contributed by atoms with Crippen molar-refractivity contribution in [3.05, 3.63) is 71.3 Å². The second-order valence-electron chi connectivity index (χ2n) is 8.17. The van der Waals surface area contributed by atoms with Crippen LogP contribution in [-0.2, 0) is 16.1 Å². The summed E-state index contributed by atoms with van der Waals surface area (Å²) in [5.74, 6) is -2.87. The number of hydrogen-bond donors (Lipinski definition) is 1. The molecule has 0 aliphatic carbocycles. The van der Waals surface area contributed by atoms with Gasteiger partial charge in [-0.15, -0.1) is 0 Å². The lowest BCUT2D eigenvalue weighted by Crippen LogP contribution is -2.52. The summed E-state index contributed by atoms with van der Waals surface area (Å²) in [6.07, 6.45) is 2.30. The van der Waals surface area contributed by atoms with E-state index in [2.05, 4.69) is 5.32 Å². The fourth-order valence-electron chi connectivity index (χ4n) is 4.48. The molecule has 2 aromatic rings. The maximum absolute atomic E-state index is 14.1. The van der Waals surface area contributed by atoms with E-state index in [4.69, 9.17) is 0 Å². The molecule has 3 amide bonds. The van der Waals surface area contributed by atoms with Crippen molar-refractivity contribution in [2.24, 2.45) is 0 Å². The van der Waals surface area contributed by atoms with Crippen molar-refractivity contribution in [2.45, 2.75) is 44.3 Å². The van der Waals surface area contributed by atoms with Crippen molar-refractivity contribution >= 4 is 17.7 Å². The zero-order valence-electron chi connectivity index (χ0n) is 17.6. The molecule has 2 atom stereocenters. The number of nitrogens with zero attached hydrogens (tertiary/aromatic N) is 2. The van der Waals surface area contributed by atoms with Gasteiger partial charge in [0, 0.05) is 25.7 Å². The molecular weight excluding hydrogens is 416 g/mol. The van der Waals surface area contributed by atoms with Crippen LogP contribution in [0.1, 0.15) is 41.6 Å². The van der Waals surface area contributed by atoms with Crippen molar-refractivity contribution in [2.75, 3.05) is 13.1 Å². The minimum absolute atomic E-state index is 0.222. The number of carbonyl (C=O) groups is 3. The molecule has 2 saturated heterocycles. The largest absolute Gasteiger partial charge is 0.350 e. The molecule has 0 spiro atoms. The molecule has 4 rings (SSSR count). The van der Waals surface area contributed by atoms with Gasteiger partial charge in [0.2, 0.25) is 11.8 Å². The van der Waals surface area contributed by atoms with Crippen LogP contribution in [0.25, 0.3) is 0 Å². The lowest BCUT2D eigenvalue weighted by Gasteiger charge is -2.31. The van der Waals surface area contributed by atoms with Gasteiger partial charge in [-0.25, -0.2) is 8.78 Å². The van der Waals surface area contributed by atoms with Crippen molar-refractivity contribution in [3.63, 3.8) is 0 Å². The van der Waals surface area contributed by atoms with Crippen molar-refractivity contribution in [1.82, 2.24) is 15.1 Å². The Kier molecular flexibility index (Phi) is 6.48. The van der Waals surface area contributed by atoms with Gasteiger partial charge in [-0.05, 0) is 43.4 Å². The summed E-state index contributed by atoms with van der Waals surface area (Å²) >= 11 is 0. The highest BCUT2D eigenvalue weighted by molar-refractivity contribution is 5.99. The van der Waals surface area contributed by atoms with Gasteiger partial charge >= 0.3 is 0 Å². The normalized spacial score (nSPS) is 20.4. The van der Waals surface area contributed by atoms with Gasteiger partial charge in [-0.3, -0.25) is 14.4 Å². The maximum atomic E-state index is 14.1. The van der Waals surface area contributed by atoms with E-state index in [1.807, 2.05) is 30.3 Å². The number of hydrogen-bond acceptors (Lipinski definition) is 3. The number of nitrogens with one attached hydrogen (secondary N) is 1. The second-order valence-corrected chi connectivity index (χ2v) is 8.17. The molecule has 2 fully saturated rings. The average molecular weight is 441 g/mol. The highest BCUT2D eigenvalue weighted by Gasteiger charge is 2.42. The van der Waals surface area contributed by atoms with Crippen LogP contribution in [0, 0.1) is 11.6 Å². The molecule has 2 aliphatic heterocycles. The Morgan fingerprint density at radius 2 is 1.59 bits per heavy atom. The summed E-state index contributed by atoms with van der Waals surface area (Å²) in [6, 6.07) is 10.9. The van der Waals surface area contributed by atoms with Gasteiger partial charge in [-0.2, -0.15) is 0 Å². The van der Waals surface area contributed by atoms with Gasteiger partial charge in [0.25, 0.3) is 5.91 Å². The Hall–Kier alpha value is -3.29. The zero-order chi connectivity index (χ0) is 22.7. The fourth-order valence-corrected chi connectivity index (χ4v) is 4.48. The van der Waals surface area contributed by atoms with Crippen LogP contribution in [0.5, 0.6) is 0 Å². The Bertz CT molecular complexity index is 1010. The molecule has 0 aromatic heterocycles. The molecule has 2 aliphatic rings. The maximum Gasteiger partial charge on any atom is 0.257 e. The van der Waals surface area contributed by atoms with Gasteiger partial charge in [0.05, 0.1) is 5.56 Å². The summed E-state index contributed by atoms with van der Waals surface area (Å²) in [4.78, 5) is 41.9. The third kappa shape index (κ3) is 4.49. The van der Waals surface area contributed by atoms with E-state index in [-0.39, 0.29) is 17.4 Å². The third-order valence-corrected chi connectivity index (χ3v) is 6.11. The van der Waals surface area contributed by atoms with E-state index in [1.165, 1.54) is 9.80 Å². The number of carbonyl (C=O) groups excluding carboxylic acids is 3. The lowest BCUT2D eigenvalue weighted by atomic mass is 10.1. The van der Waals surface area contributed by atoms with Crippen molar-refractivity contribution in [1.29, 1.82) is 0 Å². The number of rotatable bonds is 5. The first-order chi connectivity index (χ1) is 15.5. The summed E-state index contributed by atoms with van der Waals surface area (Å²) in [7, 11) is 0. The van der Waals surface area contributed by atoms with E-state index >= 15 is 0 Å². The average Bonchev–Trinajstić information content (AvgIpc) is 3.47. The first-order valence-corrected chi connectivity index (χ1v) is 10.8. The molecule has 8 heteroatoms. The summed E-state index contributed by atoms with van der Waals surface area (Å²) in [6.45, 7) is 1.12. The summed E-state index contributed by atoms with van der Waals surface area (Å²) in [5.41, 5.74) is 0.704. The minimum Gasteiger partial charge on any atom is -0.350 e. The van der Waals surface area contributed by atoms with E-state index in [0.29, 0.717) is 51.4 Å². The number of benzene rings is 2. The van der Waals surface area contributed by atoms with Crippen LogP contribution in [-0.4, -0.2) is 52.7 Å². The summed E-state index contributed by atoms with van der Waals surface area (Å²) < 4.78 is 27.4. The minimum atomic E-state index is -0.951. The Morgan fingerprint density at radius 1 is 0.906 bits per heavy atom. The predicted octanol–water partition coefficient (Wildman–Crippen LogP) is 2.88. The smallest absolute Gasteiger partial charge is 0.257 e. The lowest BCUT2D eigenvalue weighted by molar-refractivity contribution is -0.141. The van der Waals surface area contributed by atoms with Crippen LogP contribution in [0.4, 0.5) is 8.78 Å². The molecule has 0 unspecified atom stereocenters. The third-order valence-electron chi connectivity index (χ3n) is 6.11. The van der Waals surface area contributed by atoms with Crippen molar-refractivity contribution in [3.8, 4) is 0 Å². The standard InChI is InChI=1S/C24H25F2N3O3/c25-17-10-11-18(19(26)14-17)23(31)29-13-5-9-21(29)24(32)28-12-4-8-20(28)22(30)27-15-16-6-2-1-3-7-16/h1-3,6-7,10-11,14,20-21H,4-5,8-9,12-13,15H2,(H,27,30)/t20-,21+/m0/s1. The summed E-state index contributed by atoms with van der Waals surface area (Å²) in [5, 5.41) is 2.89. The highest BCUT2D eigenvalue weighted by atomic mass is 19.1. The van der Waals surface area contributed by atoms with E-state index in [9.17, 15) is 23.2 Å². The number of amides is 3. The second kappa shape index (κ2) is 9.46. The van der Waals surface area contributed by atoms with Gasteiger partial charge in [0.1, 0.15) is 23.7 Å². The molecule has 2 heterocycles. The molecule has 0 radical (unpaired) electrons. The van der Waals surface area contributed by atoms with E-state index in [0.717, 1.165) is 17.7 Å². The number of halogens is 2. The van der Waals surface area contributed by atoms with E-state index < -0.39 is 29.6 Å². The fraction of sp³-hybridized carbons (Fsp3) is 0.375. The molecule has 2 aromatic carbocycles. The first-order valence-electron chi connectivity index (χ1n) is 10.8. The van der Waals surface area contributed by atoms with Crippen LogP contribution in [0.2, 0.25) is 0 Å². The van der Waals surface area contributed by atoms with Gasteiger partial charge < -0.3 is 15.1 Å². The Labute approximate surface area is 185 Å². The molecule has 168 valence electrons. The Balaban J connectivity index is 1.44. The molecule has 0 saturated carbocycles. The van der Waals surface area contributed by atoms with Crippen molar-refractivity contribution < 1.29 is 23.2 Å². The van der Waals surface area contributed by atoms with Crippen LogP contribution >= 0.6 is 0 Å². The SMILES string of the molecule is O=C(NCc1ccccc1)[C@@H]1CCCN1C(=O)[C@H]1CCCN1C(=O)c1ccc(F)cc1F. The van der Waals surface area contributed by atoms with Crippen LogP contribution in [0.15, 0.2) is 48.5 Å². The monoisotopic (exact) mass is 441 g/mol. The molecule has 32 heavy (non-hydrogen) atoms. The van der Waals surface area contributed by atoms with Gasteiger partial charge in [-0.1, -0.05) is 30.3 Å². The predicted molar refractivity (Wildman–Crippen MR) is 113 cm³/mol. The Morgan fingerprint density at radius 3 is 2.31 bits per heavy atom. The quantitative estimate of drug-likeness (QED) is 0.776. The van der Waals surface area contributed by atoms with Gasteiger partial charge in [0.15, 0.2) is 0 Å². The molecule has 0 bridgehead atoms. The topological polar surface area (TPSA) is 69.7 Å². The van der Waals surface area contributed by atoms with Crippen LogP contribution in [0.3, 0.4) is 0 Å². The highest BCUT2D eigenvalue weighted by Crippen LogP contribution is 2.27. The van der Waals surface area contributed by atoms with Crippen LogP contribution < -0.4 is 5.32 Å².